The zero-order valence-corrected chi connectivity index (χ0v) is 16.5. The van der Waals surface area contributed by atoms with Crippen LogP contribution in [0.2, 0.25) is 0 Å². The van der Waals surface area contributed by atoms with Crippen molar-refractivity contribution in [2.24, 2.45) is 0 Å². The highest BCUT2D eigenvalue weighted by molar-refractivity contribution is 7.98. The zero-order valence-electron chi connectivity index (χ0n) is 15.6. The monoisotopic (exact) mass is 401 g/mol. The number of nitrogens with zero attached hydrogens (tertiary/aromatic N) is 2. The van der Waals surface area contributed by atoms with Gasteiger partial charge in [-0.3, -0.25) is 4.79 Å². The molecule has 0 saturated carbocycles. The minimum Gasteiger partial charge on any atom is -0.493 e. The highest BCUT2D eigenvalue weighted by Gasteiger charge is 2.13. The minimum atomic E-state index is -0.602. The predicted molar refractivity (Wildman–Crippen MR) is 105 cm³/mol. The van der Waals surface area contributed by atoms with Crippen molar-refractivity contribution in [1.29, 1.82) is 5.26 Å². The van der Waals surface area contributed by atoms with Crippen molar-refractivity contribution in [3.63, 3.8) is 0 Å². The predicted octanol–water partition coefficient (Wildman–Crippen LogP) is 2.48. The summed E-state index contributed by atoms with van der Waals surface area (Å²) < 4.78 is 15.7. The number of carbonyl (C=O) groups is 1. The van der Waals surface area contributed by atoms with Gasteiger partial charge in [0.15, 0.2) is 23.3 Å². The van der Waals surface area contributed by atoms with Crippen LogP contribution in [0, 0.1) is 11.3 Å². The molecule has 0 bridgehead atoms. The Labute approximate surface area is 166 Å². The van der Waals surface area contributed by atoms with Crippen molar-refractivity contribution in [1.82, 2.24) is 9.97 Å². The Morgan fingerprint density at radius 3 is 2.82 bits per heavy atom. The van der Waals surface area contributed by atoms with E-state index in [-0.39, 0.29) is 18.8 Å². The summed E-state index contributed by atoms with van der Waals surface area (Å²) in [7, 11) is 1.49. The maximum Gasteiger partial charge on any atom is 0.344 e. The van der Waals surface area contributed by atoms with Crippen LogP contribution < -0.4 is 15.0 Å². The Hall–Kier alpha value is -3.25. The molecule has 9 heteroatoms. The number of esters is 1. The number of nitriles is 1. The van der Waals surface area contributed by atoms with Gasteiger partial charge in [-0.1, -0.05) is 23.9 Å². The number of benzene rings is 1. The van der Waals surface area contributed by atoms with Crippen molar-refractivity contribution in [2.75, 3.05) is 26.6 Å². The number of thioether (sulfide) groups is 1. The van der Waals surface area contributed by atoms with Crippen molar-refractivity contribution < 1.29 is 19.0 Å². The fourth-order valence-electron chi connectivity index (χ4n) is 2.28. The Kier molecular flexibility index (Phi) is 7.65. The van der Waals surface area contributed by atoms with Crippen LogP contribution in [0.15, 0.2) is 28.2 Å². The van der Waals surface area contributed by atoms with E-state index in [9.17, 15) is 14.9 Å². The molecule has 0 fully saturated rings. The number of carbonyl (C=O) groups excluding carboxylic acids is 1. The molecule has 0 aliphatic carbocycles. The Balaban J connectivity index is 2.41. The molecule has 1 aromatic heterocycles. The van der Waals surface area contributed by atoms with Crippen LogP contribution in [0.3, 0.4) is 0 Å². The van der Waals surface area contributed by atoms with E-state index in [0.29, 0.717) is 27.9 Å². The van der Waals surface area contributed by atoms with E-state index >= 15 is 0 Å². The lowest BCUT2D eigenvalue weighted by molar-refractivity contribution is -0.145. The molecule has 0 atom stereocenters. The molecule has 0 saturated heterocycles. The van der Waals surface area contributed by atoms with Crippen LogP contribution in [-0.2, 0) is 9.53 Å². The highest BCUT2D eigenvalue weighted by atomic mass is 32.2. The molecule has 0 amide bonds. The summed E-state index contributed by atoms with van der Waals surface area (Å²) in [6.45, 7) is 1.69. The van der Waals surface area contributed by atoms with Crippen molar-refractivity contribution in [3.8, 4) is 17.6 Å². The maximum absolute atomic E-state index is 12.0. The quantitative estimate of drug-likeness (QED) is 0.408. The van der Waals surface area contributed by atoms with E-state index in [0.717, 1.165) is 0 Å². The summed E-state index contributed by atoms with van der Waals surface area (Å²) in [5, 5.41) is 9.64. The normalized spacial score (nSPS) is 10.5. The summed E-state index contributed by atoms with van der Waals surface area (Å²) in [5.41, 5.74) is 0.225. The van der Waals surface area contributed by atoms with E-state index < -0.39 is 11.5 Å². The second kappa shape index (κ2) is 10.2. The molecule has 146 valence electrons. The number of methoxy groups -OCH3 is 1. The number of hydrogen-bond donors (Lipinski definition) is 1. The second-order valence-electron chi connectivity index (χ2n) is 5.26. The molecule has 0 spiro atoms. The summed E-state index contributed by atoms with van der Waals surface area (Å²) in [4.78, 5) is 30.3. The lowest BCUT2D eigenvalue weighted by Crippen LogP contribution is -2.15. The number of aromatic nitrogens is 2. The Morgan fingerprint density at radius 1 is 1.39 bits per heavy atom. The SMILES string of the molecule is CCOC(=O)COc1c(/C=C/c2[nH]c(SC)nc(=O)c2C#N)cccc1OC. The molecular weight excluding hydrogens is 382 g/mol. The fraction of sp³-hybridized carbons (Fsp3) is 0.263. The molecule has 0 unspecified atom stereocenters. The molecule has 1 N–H and O–H groups in total. The number of aromatic amines is 1. The first kappa shape index (κ1) is 21.1. The summed E-state index contributed by atoms with van der Waals surface area (Å²) in [5.74, 6) is 0.271. The van der Waals surface area contributed by atoms with Gasteiger partial charge in [0.05, 0.1) is 19.4 Å². The molecule has 2 aromatic rings. The van der Waals surface area contributed by atoms with Gasteiger partial charge < -0.3 is 19.2 Å². The molecule has 0 aliphatic heterocycles. The molecular formula is C19H19N3O5S. The Morgan fingerprint density at radius 2 is 2.18 bits per heavy atom. The summed E-state index contributed by atoms with van der Waals surface area (Å²) >= 11 is 1.26. The average Bonchev–Trinajstić information content (AvgIpc) is 2.70. The van der Waals surface area contributed by atoms with Gasteiger partial charge in [0.1, 0.15) is 11.6 Å². The molecule has 2 rings (SSSR count). The third-order valence-electron chi connectivity index (χ3n) is 3.53. The van der Waals surface area contributed by atoms with Gasteiger partial charge in [0.25, 0.3) is 5.56 Å². The topological polar surface area (TPSA) is 114 Å². The van der Waals surface area contributed by atoms with E-state index in [2.05, 4.69) is 9.97 Å². The molecule has 28 heavy (non-hydrogen) atoms. The summed E-state index contributed by atoms with van der Waals surface area (Å²) in [6.07, 6.45) is 4.99. The number of nitrogens with one attached hydrogen (secondary N) is 1. The molecule has 0 aliphatic rings. The second-order valence-corrected chi connectivity index (χ2v) is 6.05. The highest BCUT2D eigenvalue weighted by Crippen LogP contribution is 2.32. The van der Waals surface area contributed by atoms with E-state index in [1.807, 2.05) is 6.07 Å². The molecule has 1 aromatic carbocycles. The van der Waals surface area contributed by atoms with E-state index in [4.69, 9.17) is 14.2 Å². The smallest absolute Gasteiger partial charge is 0.344 e. The van der Waals surface area contributed by atoms with Crippen LogP contribution in [0.1, 0.15) is 23.7 Å². The molecule has 8 nitrogen and oxygen atoms in total. The van der Waals surface area contributed by atoms with Gasteiger partial charge in [-0.25, -0.2) is 4.79 Å². The number of hydrogen-bond acceptors (Lipinski definition) is 8. The van der Waals surface area contributed by atoms with Gasteiger partial charge in [-0.15, -0.1) is 0 Å². The average molecular weight is 401 g/mol. The number of H-pyrrole nitrogens is 1. The lowest BCUT2D eigenvalue weighted by Gasteiger charge is -2.13. The van der Waals surface area contributed by atoms with Crippen LogP contribution >= 0.6 is 11.8 Å². The van der Waals surface area contributed by atoms with Gasteiger partial charge in [0.2, 0.25) is 0 Å². The number of rotatable bonds is 8. The minimum absolute atomic E-state index is 0.0917. The fourth-order valence-corrected chi connectivity index (χ4v) is 2.67. The number of para-hydroxylation sites is 1. The molecule has 1 heterocycles. The first-order chi connectivity index (χ1) is 13.5. The molecule has 0 radical (unpaired) electrons. The van der Waals surface area contributed by atoms with Crippen molar-refractivity contribution >= 4 is 29.9 Å². The summed E-state index contributed by atoms with van der Waals surface area (Å²) in [6, 6.07) is 7.06. The first-order valence-corrected chi connectivity index (χ1v) is 9.48. The third kappa shape index (κ3) is 5.14. The van der Waals surface area contributed by atoms with Gasteiger partial charge in [-0.2, -0.15) is 10.2 Å². The van der Waals surface area contributed by atoms with Crippen LogP contribution in [-0.4, -0.2) is 42.5 Å². The van der Waals surface area contributed by atoms with E-state index in [1.165, 1.54) is 18.9 Å². The van der Waals surface area contributed by atoms with Crippen molar-refractivity contribution in [2.45, 2.75) is 12.1 Å². The number of ether oxygens (including phenoxy) is 3. The standard InChI is InChI=1S/C19H19N3O5S/c1-4-26-16(23)11-27-17-12(6-5-7-15(17)25-2)8-9-14-13(10-20)18(24)22-19(21-14)28-3/h5-9H,4,11H2,1-3H3,(H,21,22,24)/b9-8+. The van der Waals surface area contributed by atoms with Gasteiger partial charge in [0, 0.05) is 5.56 Å². The zero-order chi connectivity index (χ0) is 20.5. The van der Waals surface area contributed by atoms with Crippen LogP contribution in [0.25, 0.3) is 12.2 Å². The first-order valence-electron chi connectivity index (χ1n) is 8.25. The van der Waals surface area contributed by atoms with Crippen molar-refractivity contribution in [3.05, 3.63) is 45.4 Å². The van der Waals surface area contributed by atoms with Gasteiger partial charge in [-0.05, 0) is 31.4 Å². The van der Waals surface area contributed by atoms with Crippen LogP contribution in [0.5, 0.6) is 11.5 Å². The Bertz CT molecular complexity index is 979. The lowest BCUT2D eigenvalue weighted by atomic mass is 10.1. The van der Waals surface area contributed by atoms with Gasteiger partial charge >= 0.3 is 5.97 Å². The largest absolute Gasteiger partial charge is 0.493 e. The van der Waals surface area contributed by atoms with E-state index in [1.54, 1.807) is 43.5 Å². The maximum atomic E-state index is 12.0. The van der Waals surface area contributed by atoms with Crippen LogP contribution in [0.4, 0.5) is 0 Å². The third-order valence-corrected chi connectivity index (χ3v) is 4.11.